The van der Waals surface area contributed by atoms with E-state index >= 15 is 0 Å². The summed E-state index contributed by atoms with van der Waals surface area (Å²) in [7, 11) is 1.09. The van der Waals surface area contributed by atoms with Gasteiger partial charge in [-0.05, 0) is 24.3 Å². The Kier molecular flexibility index (Phi) is 3.31. The molecule has 0 N–H and O–H groups in total. The quantitative estimate of drug-likeness (QED) is 0.802. The number of imidazole rings is 1. The van der Waals surface area contributed by atoms with Crippen LogP contribution < -0.4 is 0 Å². The van der Waals surface area contributed by atoms with Crippen molar-refractivity contribution in [1.82, 2.24) is 9.55 Å². The van der Waals surface area contributed by atoms with Crippen LogP contribution in [-0.4, -0.2) is 18.0 Å². The Morgan fingerprint density at radius 3 is 2.21 bits per heavy atom. The Bertz CT molecular complexity index is 692. The highest BCUT2D eigenvalue weighted by atomic mass is 35.7. The molecule has 4 nitrogen and oxygen atoms in total. The van der Waals surface area contributed by atoms with Crippen molar-refractivity contribution < 1.29 is 21.6 Å². The van der Waals surface area contributed by atoms with Gasteiger partial charge in [-0.1, -0.05) is 0 Å². The lowest BCUT2D eigenvalue weighted by molar-refractivity contribution is -0.137. The summed E-state index contributed by atoms with van der Waals surface area (Å²) in [5.74, 6) is 0. The lowest BCUT2D eigenvalue weighted by Gasteiger charge is -2.09. The maximum Gasteiger partial charge on any atom is 0.416 e. The molecule has 102 valence electrons. The van der Waals surface area contributed by atoms with E-state index in [9.17, 15) is 21.6 Å². The van der Waals surface area contributed by atoms with Gasteiger partial charge in [0.1, 0.15) is 0 Å². The number of rotatable bonds is 2. The largest absolute Gasteiger partial charge is 0.416 e. The van der Waals surface area contributed by atoms with Crippen molar-refractivity contribution in [3.63, 3.8) is 0 Å². The van der Waals surface area contributed by atoms with Crippen LogP contribution in [-0.2, 0) is 15.2 Å². The van der Waals surface area contributed by atoms with E-state index in [0.717, 1.165) is 28.8 Å². The van der Waals surface area contributed by atoms with Gasteiger partial charge in [-0.25, -0.2) is 13.4 Å². The normalized spacial score (nSPS) is 12.6. The van der Waals surface area contributed by atoms with Crippen LogP contribution in [0.3, 0.4) is 0 Å². The molecule has 2 rings (SSSR count). The van der Waals surface area contributed by atoms with Gasteiger partial charge in [-0.3, -0.25) is 4.57 Å². The Labute approximate surface area is 110 Å². The van der Waals surface area contributed by atoms with Crippen LogP contribution in [0, 0.1) is 0 Å². The highest BCUT2D eigenvalue weighted by molar-refractivity contribution is 8.13. The van der Waals surface area contributed by atoms with Gasteiger partial charge in [0.15, 0.2) is 0 Å². The van der Waals surface area contributed by atoms with Crippen molar-refractivity contribution in [1.29, 1.82) is 0 Å². The second kappa shape index (κ2) is 4.53. The standard InChI is InChI=1S/C10H6ClF3N2O2S/c11-19(17,18)9-15-5-6-16(9)8-3-1-7(2-4-8)10(12,13)14/h1-6H. The number of alkyl halides is 3. The van der Waals surface area contributed by atoms with Gasteiger partial charge in [-0.2, -0.15) is 13.2 Å². The molecule has 2 aromatic rings. The number of aromatic nitrogens is 2. The predicted octanol–water partition coefficient (Wildman–Crippen LogP) is 2.82. The van der Waals surface area contributed by atoms with Crippen LogP contribution in [0.15, 0.2) is 41.8 Å². The summed E-state index contributed by atoms with van der Waals surface area (Å²) in [4.78, 5) is 3.56. The molecule has 0 aliphatic carbocycles. The maximum absolute atomic E-state index is 12.4. The molecule has 0 atom stereocenters. The Balaban J connectivity index is 2.48. The summed E-state index contributed by atoms with van der Waals surface area (Å²) in [6, 6.07) is 3.96. The summed E-state index contributed by atoms with van der Waals surface area (Å²) in [6.07, 6.45) is -1.97. The number of nitrogens with zero attached hydrogens (tertiary/aromatic N) is 2. The third-order valence-corrected chi connectivity index (χ3v) is 3.45. The van der Waals surface area contributed by atoms with Crippen molar-refractivity contribution in [3.8, 4) is 5.69 Å². The second-order valence-electron chi connectivity index (χ2n) is 3.56. The maximum atomic E-state index is 12.4. The first-order valence-electron chi connectivity index (χ1n) is 4.85. The summed E-state index contributed by atoms with van der Waals surface area (Å²) in [5.41, 5.74) is -0.614. The molecule has 0 saturated heterocycles. The van der Waals surface area contributed by atoms with Crippen molar-refractivity contribution >= 4 is 19.7 Å². The van der Waals surface area contributed by atoms with E-state index in [0.29, 0.717) is 0 Å². The van der Waals surface area contributed by atoms with Crippen LogP contribution in [0.1, 0.15) is 5.56 Å². The molecule has 0 aliphatic rings. The smallest absolute Gasteiger partial charge is 0.290 e. The van der Waals surface area contributed by atoms with Crippen molar-refractivity contribution in [2.45, 2.75) is 11.3 Å². The molecule has 19 heavy (non-hydrogen) atoms. The zero-order valence-electron chi connectivity index (χ0n) is 9.10. The van der Waals surface area contributed by atoms with Crippen LogP contribution in [0.5, 0.6) is 0 Å². The molecule has 1 aromatic heterocycles. The van der Waals surface area contributed by atoms with E-state index in [4.69, 9.17) is 10.7 Å². The van der Waals surface area contributed by atoms with Gasteiger partial charge in [0.05, 0.1) is 5.56 Å². The van der Waals surface area contributed by atoms with Gasteiger partial charge in [0, 0.05) is 28.8 Å². The van der Waals surface area contributed by atoms with E-state index in [-0.39, 0.29) is 5.69 Å². The van der Waals surface area contributed by atoms with Crippen LogP contribution in [0.25, 0.3) is 5.69 Å². The van der Waals surface area contributed by atoms with Crippen LogP contribution >= 0.6 is 10.7 Å². The zero-order valence-corrected chi connectivity index (χ0v) is 10.7. The Morgan fingerprint density at radius 1 is 1.16 bits per heavy atom. The molecule has 0 amide bonds. The molecule has 9 heteroatoms. The Hall–Kier alpha value is -1.54. The minimum Gasteiger partial charge on any atom is -0.290 e. The van der Waals surface area contributed by atoms with Gasteiger partial charge in [0.25, 0.3) is 9.05 Å². The lowest BCUT2D eigenvalue weighted by atomic mass is 10.2. The molecule has 0 fully saturated rings. The third kappa shape index (κ3) is 2.90. The Morgan fingerprint density at radius 2 is 1.74 bits per heavy atom. The minimum absolute atomic E-state index is 0.213. The monoisotopic (exact) mass is 310 g/mol. The molecule has 0 saturated carbocycles. The average molecular weight is 311 g/mol. The first kappa shape index (κ1) is 13.9. The first-order valence-corrected chi connectivity index (χ1v) is 7.16. The highest BCUT2D eigenvalue weighted by Crippen LogP contribution is 2.30. The number of halogens is 4. The molecule has 0 spiro atoms. The molecule has 1 heterocycles. The molecule has 0 unspecified atom stereocenters. The molecular formula is C10H6ClF3N2O2S. The SMILES string of the molecule is O=S(=O)(Cl)c1nccn1-c1ccc(C(F)(F)F)cc1. The van der Waals surface area contributed by atoms with E-state index in [2.05, 4.69) is 4.98 Å². The van der Waals surface area contributed by atoms with Crippen LogP contribution in [0.2, 0.25) is 0 Å². The topological polar surface area (TPSA) is 52.0 Å². The minimum atomic E-state index is -4.45. The van der Waals surface area contributed by atoms with E-state index in [1.807, 2.05) is 0 Å². The summed E-state index contributed by atoms with van der Waals surface area (Å²) in [6.45, 7) is 0. The molecule has 0 aliphatic heterocycles. The van der Waals surface area contributed by atoms with Crippen molar-refractivity contribution in [3.05, 3.63) is 42.2 Å². The van der Waals surface area contributed by atoms with Gasteiger partial charge in [-0.15, -0.1) is 0 Å². The van der Waals surface area contributed by atoms with Crippen LogP contribution in [0.4, 0.5) is 13.2 Å². The van der Waals surface area contributed by atoms with Crippen molar-refractivity contribution in [2.75, 3.05) is 0 Å². The number of hydrogen-bond donors (Lipinski definition) is 0. The summed E-state index contributed by atoms with van der Waals surface area (Å²) >= 11 is 0. The molecule has 1 aromatic carbocycles. The molecular weight excluding hydrogens is 305 g/mol. The molecule has 0 bridgehead atoms. The zero-order chi connectivity index (χ0) is 14.3. The highest BCUT2D eigenvalue weighted by Gasteiger charge is 2.30. The fourth-order valence-electron chi connectivity index (χ4n) is 1.48. The second-order valence-corrected chi connectivity index (χ2v) is 6.02. The van der Waals surface area contributed by atoms with E-state index in [1.165, 1.54) is 12.4 Å². The van der Waals surface area contributed by atoms with Gasteiger partial charge in [0.2, 0.25) is 5.16 Å². The summed E-state index contributed by atoms with van der Waals surface area (Å²) in [5, 5.41) is -0.450. The van der Waals surface area contributed by atoms with E-state index in [1.54, 1.807) is 0 Å². The third-order valence-electron chi connectivity index (χ3n) is 2.30. The predicted molar refractivity (Wildman–Crippen MR) is 61.6 cm³/mol. The average Bonchev–Trinajstić information content (AvgIpc) is 2.76. The van der Waals surface area contributed by atoms with Gasteiger partial charge >= 0.3 is 6.18 Å². The van der Waals surface area contributed by atoms with Gasteiger partial charge < -0.3 is 0 Å². The van der Waals surface area contributed by atoms with Crippen molar-refractivity contribution in [2.24, 2.45) is 0 Å². The fraction of sp³-hybridized carbons (Fsp3) is 0.100. The first-order chi connectivity index (χ1) is 8.69. The summed E-state index contributed by atoms with van der Waals surface area (Å²) < 4.78 is 60.7. The number of hydrogen-bond acceptors (Lipinski definition) is 3. The van der Waals surface area contributed by atoms with E-state index < -0.39 is 25.9 Å². The lowest BCUT2D eigenvalue weighted by Crippen LogP contribution is -2.06. The molecule has 0 radical (unpaired) electrons. The number of benzene rings is 1. The fourth-order valence-corrected chi connectivity index (χ4v) is 2.41.